The molecule has 10 heteroatoms. The molecule has 2 heterocycles. The van der Waals surface area contributed by atoms with Gasteiger partial charge in [0.2, 0.25) is 5.78 Å². The third-order valence-electron chi connectivity index (χ3n) is 5.55. The van der Waals surface area contributed by atoms with Crippen LogP contribution in [0.2, 0.25) is 0 Å². The lowest BCUT2D eigenvalue weighted by Gasteiger charge is -2.13. The summed E-state index contributed by atoms with van der Waals surface area (Å²) in [5, 5.41) is 8.35. The maximum Gasteiger partial charge on any atom is 0.339 e. The average molecular weight is 578 g/mol. The van der Waals surface area contributed by atoms with E-state index < -0.39 is 15.9 Å². The Kier molecular flexibility index (Phi) is 6.53. The third kappa shape index (κ3) is 5.11. The molecule has 0 radical (unpaired) electrons. The summed E-state index contributed by atoms with van der Waals surface area (Å²) < 4.78 is 39.2. The number of hydrogen-bond donors (Lipinski definition) is 0. The van der Waals surface area contributed by atoms with Gasteiger partial charge < -0.3 is 8.60 Å². The summed E-state index contributed by atoms with van der Waals surface area (Å²) in [5.74, 6) is 0.419. The van der Waals surface area contributed by atoms with Gasteiger partial charge in [-0.05, 0) is 68.4 Å². The van der Waals surface area contributed by atoms with Crippen LogP contribution in [0.25, 0.3) is 22.8 Å². The minimum Gasteiger partial charge on any atom is -0.462 e. The number of para-hydroxylation sites is 1. The van der Waals surface area contributed by atoms with Crippen LogP contribution in [-0.4, -0.2) is 29.2 Å². The Balaban J connectivity index is 1.63. The highest BCUT2D eigenvalue weighted by Gasteiger charge is 2.26. The maximum absolute atomic E-state index is 14.0. The van der Waals surface area contributed by atoms with Crippen molar-refractivity contribution in [1.82, 2.24) is 15.0 Å². The molecule has 3 aromatic carbocycles. The normalized spacial score (nSPS) is 12.1. The lowest BCUT2D eigenvalue weighted by molar-refractivity contribution is 0.104. The molecule has 0 saturated heterocycles. The zero-order valence-electron chi connectivity index (χ0n) is 19.8. The number of carbonyl (C=O) groups is 1. The Bertz CT molecular complexity index is 1770. The van der Waals surface area contributed by atoms with Crippen molar-refractivity contribution in [3.05, 3.63) is 106 Å². The molecule has 5 aromatic rings. The number of nitrogens with zero attached hydrogens (tertiary/aromatic N) is 3. The summed E-state index contributed by atoms with van der Waals surface area (Å²) >= 11 is 3.38. The number of furan rings is 1. The quantitative estimate of drug-likeness (QED) is 0.132. The predicted octanol–water partition coefficient (Wildman–Crippen LogP) is 6.05. The Morgan fingerprint density at radius 1 is 1.00 bits per heavy atom. The molecule has 2 aromatic heterocycles. The largest absolute Gasteiger partial charge is 0.462 e. The average Bonchev–Trinajstić information content (AvgIpc) is 3.49. The van der Waals surface area contributed by atoms with E-state index in [0.717, 1.165) is 5.56 Å². The van der Waals surface area contributed by atoms with Gasteiger partial charge in [0.15, 0.2) is 5.75 Å². The van der Waals surface area contributed by atoms with Gasteiger partial charge in [0.1, 0.15) is 27.6 Å². The number of aryl methyl sites for hydroxylation is 2. The summed E-state index contributed by atoms with van der Waals surface area (Å²) in [4.78, 5) is 14.0. The first-order chi connectivity index (χ1) is 17.7. The van der Waals surface area contributed by atoms with E-state index in [2.05, 4.69) is 26.2 Å². The number of rotatable bonds is 7. The van der Waals surface area contributed by atoms with E-state index in [1.165, 1.54) is 35.0 Å². The van der Waals surface area contributed by atoms with Gasteiger partial charge >= 0.3 is 10.1 Å². The van der Waals surface area contributed by atoms with Crippen molar-refractivity contribution in [3.8, 4) is 5.75 Å². The van der Waals surface area contributed by atoms with Crippen molar-refractivity contribution in [2.24, 2.45) is 0 Å². The number of aromatic nitrogens is 3. The van der Waals surface area contributed by atoms with Crippen LogP contribution in [0.4, 0.5) is 0 Å². The van der Waals surface area contributed by atoms with E-state index in [1.807, 2.05) is 19.1 Å². The van der Waals surface area contributed by atoms with Gasteiger partial charge in [-0.3, -0.25) is 4.79 Å². The van der Waals surface area contributed by atoms with Crippen molar-refractivity contribution < 1.29 is 21.8 Å². The van der Waals surface area contributed by atoms with Gasteiger partial charge in [-0.25, -0.2) is 4.68 Å². The minimum atomic E-state index is -4.21. The second-order valence-corrected chi connectivity index (χ2v) is 10.8. The van der Waals surface area contributed by atoms with E-state index in [-0.39, 0.29) is 21.9 Å². The highest BCUT2D eigenvalue weighted by atomic mass is 79.9. The molecule has 0 aliphatic rings. The smallest absolute Gasteiger partial charge is 0.339 e. The van der Waals surface area contributed by atoms with E-state index in [4.69, 9.17) is 8.60 Å². The highest BCUT2D eigenvalue weighted by molar-refractivity contribution is 9.10. The Hall–Kier alpha value is -4.02. The number of ketones is 1. The second kappa shape index (κ2) is 9.79. The van der Waals surface area contributed by atoms with E-state index >= 15 is 0 Å². The zero-order chi connectivity index (χ0) is 26.2. The van der Waals surface area contributed by atoms with Crippen LogP contribution in [-0.2, 0) is 10.1 Å². The summed E-state index contributed by atoms with van der Waals surface area (Å²) in [6.45, 7) is 3.64. The van der Waals surface area contributed by atoms with Crippen molar-refractivity contribution in [1.29, 1.82) is 0 Å². The monoisotopic (exact) mass is 577 g/mol. The summed E-state index contributed by atoms with van der Waals surface area (Å²) in [5.41, 5.74) is 2.19. The lowest BCUT2D eigenvalue weighted by atomic mass is 10.1. The molecule has 5 rings (SSSR count). The molecule has 8 nitrogen and oxygen atoms in total. The van der Waals surface area contributed by atoms with Crippen molar-refractivity contribution >= 4 is 54.6 Å². The van der Waals surface area contributed by atoms with Gasteiger partial charge in [0.05, 0.1) is 11.1 Å². The van der Waals surface area contributed by atoms with E-state index in [1.54, 1.807) is 49.4 Å². The summed E-state index contributed by atoms with van der Waals surface area (Å²) in [6.07, 6.45) is 1.54. The standard InChI is InChI=1S/C27H20BrN3O5S/c1-17-7-12-21(13-8-17)37(33,34)36-26-14-10-19(28)15-22(26)27(32)25(16-20-11-9-18(2)35-20)31-24-6-4-3-5-23(24)29-30-31/h3-16H,1-2H3/b25-16-. The molecule has 0 aliphatic carbocycles. The molecule has 186 valence electrons. The van der Waals surface area contributed by atoms with Gasteiger partial charge in [-0.2, -0.15) is 8.42 Å². The summed E-state index contributed by atoms with van der Waals surface area (Å²) in [6, 6.07) is 21.5. The molecule has 0 aliphatic heterocycles. The molecule has 0 N–H and O–H groups in total. The van der Waals surface area contributed by atoms with Crippen LogP contribution >= 0.6 is 15.9 Å². The molecule has 0 bridgehead atoms. The molecule has 0 amide bonds. The molecule has 37 heavy (non-hydrogen) atoms. The van der Waals surface area contributed by atoms with Gasteiger partial charge in [-0.15, -0.1) is 5.10 Å². The van der Waals surface area contributed by atoms with Crippen molar-refractivity contribution in [2.75, 3.05) is 0 Å². The minimum absolute atomic E-state index is 0.0131. The number of hydrogen-bond acceptors (Lipinski definition) is 7. The van der Waals surface area contributed by atoms with Crippen LogP contribution in [0.1, 0.15) is 27.4 Å². The fraction of sp³-hybridized carbons (Fsp3) is 0.0741. The van der Waals surface area contributed by atoms with Gasteiger partial charge in [-0.1, -0.05) is 51.0 Å². The predicted molar refractivity (Wildman–Crippen MR) is 143 cm³/mol. The van der Waals surface area contributed by atoms with Crippen LogP contribution in [0.3, 0.4) is 0 Å². The number of allylic oxidation sites excluding steroid dienone is 1. The Labute approximate surface area is 221 Å². The summed E-state index contributed by atoms with van der Waals surface area (Å²) in [7, 11) is -4.21. The molecule has 0 atom stereocenters. The number of halogens is 1. The Morgan fingerprint density at radius 3 is 2.49 bits per heavy atom. The number of Topliss-reactive ketones (excluding diaryl/α,β-unsaturated/α-hetero) is 1. The molecule has 0 spiro atoms. The molecular formula is C27H20BrN3O5S. The Morgan fingerprint density at radius 2 is 1.76 bits per heavy atom. The third-order valence-corrected chi connectivity index (χ3v) is 7.29. The van der Waals surface area contributed by atoms with Crippen molar-refractivity contribution in [3.63, 3.8) is 0 Å². The number of benzene rings is 3. The van der Waals surface area contributed by atoms with Crippen LogP contribution in [0.15, 0.2) is 92.6 Å². The van der Waals surface area contributed by atoms with Crippen molar-refractivity contribution in [2.45, 2.75) is 18.7 Å². The van der Waals surface area contributed by atoms with Crippen LogP contribution < -0.4 is 4.18 Å². The zero-order valence-corrected chi connectivity index (χ0v) is 22.2. The topological polar surface area (TPSA) is 104 Å². The number of fused-ring (bicyclic) bond motifs is 1. The maximum atomic E-state index is 14.0. The molecule has 0 fully saturated rings. The SMILES string of the molecule is Cc1ccc(S(=O)(=O)Oc2ccc(Br)cc2C(=O)/C(=C/c2ccc(C)o2)n2nnc3ccccc32)cc1. The van der Waals surface area contributed by atoms with E-state index in [0.29, 0.717) is 27.0 Å². The first kappa shape index (κ1) is 24.7. The highest BCUT2D eigenvalue weighted by Crippen LogP contribution is 2.31. The fourth-order valence-electron chi connectivity index (χ4n) is 3.70. The molecular weight excluding hydrogens is 558 g/mol. The van der Waals surface area contributed by atoms with Crippen LogP contribution in [0, 0.1) is 13.8 Å². The van der Waals surface area contributed by atoms with Gasteiger partial charge in [0.25, 0.3) is 0 Å². The fourth-order valence-corrected chi connectivity index (χ4v) is 5.01. The van der Waals surface area contributed by atoms with Gasteiger partial charge in [0, 0.05) is 10.5 Å². The first-order valence-corrected chi connectivity index (χ1v) is 13.4. The first-order valence-electron chi connectivity index (χ1n) is 11.2. The second-order valence-electron chi connectivity index (χ2n) is 8.29. The molecule has 0 unspecified atom stereocenters. The van der Waals surface area contributed by atoms with Crippen LogP contribution in [0.5, 0.6) is 5.75 Å². The lowest BCUT2D eigenvalue weighted by Crippen LogP contribution is -2.15. The molecule has 0 saturated carbocycles. The van der Waals surface area contributed by atoms with E-state index in [9.17, 15) is 13.2 Å². The number of carbonyl (C=O) groups excluding carboxylic acids is 1.